The third-order valence-corrected chi connectivity index (χ3v) is 7.43. The van der Waals surface area contributed by atoms with E-state index in [1.54, 1.807) is 18.2 Å². The van der Waals surface area contributed by atoms with Gasteiger partial charge in [0.15, 0.2) is 0 Å². The molecule has 0 aliphatic heterocycles. The molecule has 6 heteroatoms. The molecule has 1 N–H and O–H groups in total. The number of anilines is 1. The smallest absolute Gasteiger partial charge is 0.260 e. The molecule has 0 unspecified atom stereocenters. The number of hydrogen-bond donors (Lipinski definition) is 1. The molecule has 0 spiro atoms. The molecule has 1 aromatic heterocycles. The quantitative estimate of drug-likeness (QED) is 0.642. The highest BCUT2D eigenvalue weighted by atomic mass is 35.5. The van der Waals surface area contributed by atoms with E-state index in [1.165, 1.54) is 23.3 Å². The number of nitrogens with one attached hydrogen (secondary N) is 1. The molecule has 0 saturated heterocycles. The van der Waals surface area contributed by atoms with Crippen LogP contribution in [0.3, 0.4) is 0 Å². The van der Waals surface area contributed by atoms with Crippen molar-refractivity contribution in [1.29, 1.82) is 5.26 Å². The van der Waals surface area contributed by atoms with Crippen LogP contribution in [0.2, 0.25) is 5.02 Å². The lowest BCUT2D eigenvalue weighted by Crippen LogP contribution is -2.28. The Kier molecular flexibility index (Phi) is 6.02. The Balaban J connectivity index is 1.90. The molecule has 1 heterocycles. The first-order chi connectivity index (χ1) is 13.3. The Labute approximate surface area is 175 Å². The van der Waals surface area contributed by atoms with Gasteiger partial charge in [-0.25, -0.2) is 0 Å². The molecular weight excluding hydrogens is 392 g/mol. The highest BCUT2D eigenvalue weighted by Gasteiger charge is 2.34. The van der Waals surface area contributed by atoms with Crippen LogP contribution in [-0.2, 0) is 12.8 Å². The van der Waals surface area contributed by atoms with Crippen molar-refractivity contribution in [2.24, 2.45) is 11.3 Å². The SMILES string of the molecule is CCC(C)(C)[C@H]1CCc2c(sc(NC(=O)c3cc(Cl)ccc3OC)c2C#N)C1. The summed E-state index contributed by atoms with van der Waals surface area (Å²) in [6, 6.07) is 7.23. The maximum Gasteiger partial charge on any atom is 0.260 e. The zero-order valence-corrected chi connectivity index (χ0v) is 18.3. The molecule has 0 fully saturated rings. The standard InChI is InChI=1S/C22H25ClN2O2S/c1-5-22(2,3)13-6-8-15-17(12-24)21(28-19(15)10-13)25-20(26)16-11-14(23)7-9-18(16)27-4/h7,9,11,13H,5-6,8,10H2,1-4H3,(H,25,26)/t13-/m0/s1. The van der Waals surface area contributed by atoms with Crippen LogP contribution in [0.5, 0.6) is 5.75 Å². The van der Waals surface area contributed by atoms with Gasteiger partial charge in [-0.1, -0.05) is 38.8 Å². The Bertz CT molecular complexity index is 943. The summed E-state index contributed by atoms with van der Waals surface area (Å²) in [5.74, 6) is 0.720. The topological polar surface area (TPSA) is 62.1 Å². The molecule has 0 radical (unpaired) electrons. The average Bonchev–Trinajstić information content (AvgIpc) is 3.03. The summed E-state index contributed by atoms with van der Waals surface area (Å²) in [4.78, 5) is 14.1. The number of amides is 1. The van der Waals surface area contributed by atoms with Crippen molar-refractivity contribution < 1.29 is 9.53 Å². The van der Waals surface area contributed by atoms with Crippen molar-refractivity contribution in [1.82, 2.24) is 0 Å². The third-order valence-electron chi connectivity index (χ3n) is 6.03. The molecule has 1 aromatic carbocycles. The highest BCUT2D eigenvalue weighted by molar-refractivity contribution is 7.16. The maximum atomic E-state index is 12.8. The zero-order chi connectivity index (χ0) is 20.5. The van der Waals surface area contributed by atoms with Gasteiger partial charge in [0.25, 0.3) is 5.91 Å². The zero-order valence-electron chi connectivity index (χ0n) is 16.7. The van der Waals surface area contributed by atoms with Gasteiger partial charge in [-0.3, -0.25) is 4.79 Å². The Morgan fingerprint density at radius 1 is 1.46 bits per heavy atom. The lowest BCUT2D eigenvalue weighted by molar-refractivity contribution is 0.102. The van der Waals surface area contributed by atoms with E-state index in [4.69, 9.17) is 16.3 Å². The summed E-state index contributed by atoms with van der Waals surface area (Å²) < 4.78 is 5.28. The molecule has 28 heavy (non-hydrogen) atoms. The summed E-state index contributed by atoms with van der Waals surface area (Å²) in [5, 5.41) is 13.7. The van der Waals surface area contributed by atoms with Gasteiger partial charge >= 0.3 is 0 Å². The van der Waals surface area contributed by atoms with Crippen molar-refractivity contribution in [3.8, 4) is 11.8 Å². The molecule has 0 bridgehead atoms. The van der Waals surface area contributed by atoms with Crippen LogP contribution in [0, 0.1) is 22.7 Å². The van der Waals surface area contributed by atoms with Gasteiger partial charge in [-0.05, 0) is 54.4 Å². The lowest BCUT2D eigenvalue weighted by atomic mass is 9.69. The van der Waals surface area contributed by atoms with Crippen molar-refractivity contribution >= 4 is 33.8 Å². The molecular formula is C22H25ClN2O2S. The van der Waals surface area contributed by atoms with Crippen LogP contribution in [0.1, 0.15) is 60.0 Å². The monoisotopic (exact) mass is 416 g/mol. The van der Waals surface area contributed by atoms with Crippen LogP contribution in [0.15, 0.2) is 18.2 Å². The van der Waals surface area contributed by atoms with Gasteiger partial charge in [0.2, 0.25) is 0 Å². The van der Waals surface area contributed by atoms with Crippen LogP contribution < -0.4 is 10.1 Å². The maximum absolute atomic E-state index is 12.8. The lowest BCUT2D eigenvalue weighted by Gasteiger charge is -2.36. The van der Waals surface area contributed by atoms with Crippen LogP contribution in [0.25, 0.3) is 0 Å². The fraction of sp³-hybridized carbons (Fsp3) is 0.455. The van der Waals surface area contributed by atoms with Gasteiger partial charge in [-0.15, -0.1) is 11.3 Å². The van der Waals surface area contributed by atoms with Gasteiger partial charge in [0, 0.05) is 9.90 Å². The molecule has 0 saturated carbocycles. The van der Waals surface area contributed by atoms with Crippen molar-refractivity contribution in [2.45, 2.75) is 46.5 Å². The number of rotatable bonds is 5. The molecule has 1 amide bonds. The molecule has 1 aliphatic carbocycles. The minimum Gasteiger partial charge on any atom is -0.496 e. The van der Waals surface area contributed by atoms with E-state index in [2.05, 4.69) is 32.2 Å². The summed E-state index contributed by atoms with van der Waals surface area (Å²) in [6.45, 7) is 6.86. The first kappa shape index (κ1) is 20.7. The second-order valence-electron chi connectivity index (χ2n) is 7.90. The second-order valence-corrected chi connectivity index (χ2v) is 9.44. The first-order valence-electron chi connectivity index (χ1n) is 9.50. The number of fused-ring (bicyclic) bond motifs is 1. The number of carbonyl (C=O) groups excluding carboxylic acids is 1. The largest absolute Gasteiger partial charge is 0.496 e. The van der Waals surface area contributed by atoms with Crippen LogP contribution in [-0.4, -0.2) is 13.0 Å². The van der Waals surface area contributed by atoms with Crippen LogP contribution in [0.4, 0.5) is 5.00 Å². The number of ether oxygens (including phenoxy) is 1. The number of hydrogen-bond acceptors (Lipinski definition) is 4. The van der Waals surface area contributed by atoms with Crippen molar-refractivity contribution in [3.63, 3.8) is 0 Å². The Hall–Kier alpha value is -2.03. The average molecular weight is 417 g/mol. The third kappa shape index (κ3) is 3.90. The van der Waals surface area contributed by atoms with E-state index < -0.39 is 0 Å². The minimum atomic E-state index is -0.320. The van der Waals surface area contributed by atoms with E-state index in [0.29, 0.717) is 32.8 Å². The number of thiophene rings is 1. The Morgan fingerprint density at radius 2 is 2.21 bits per heavy atom. The Morgan fingerprint density at radius 3 is 2.86 bits per heavy atom. The number of benzene rings is 1. The van der Waals surface area contributed by atoms with Gasteiger partial charge in [0.05, 0.1) is 18.2 Å². The van der Waals surface area contributed by atoms with Gasteiger partial charge in [-0.2, -0.15) is 5.26 Å². The molecule has 148 valence electrons. The highest BCUT2D eigenvalue weighted by Crippen LogP contribution is 2.45. The number of carbonyl (C=O) groups is 1. The predicted molar refractivity (Wildman–Crippen MR) is 115 cm³/mol. The van der Waals surface area contributed by atoms with E-state index in [9.17, 15) is 10.1 Å². The van der Waals surface area contributed by atoms with E-state index in [1.807, 2.05) is 0 Å². The van der Waals surface area contributed by atoms with E-state index >= 15 is 0 Å². The van der Waals surface area contributed by atoms with Crippen molar-refractivity contribution in [2.75, 3.05) is 12.4 Å². The van der Waals surface area contributed by atoms with Crippen LogP contribution >= 0.6 is 22.9 Å². The van der Waals surface area contributed by atoms with Gasteiger partial charge < -0.3 is 10.1 Å². The minimum absolute atomic E-state index is 0.270. The first-order valence-corrected chi connectivity index (χ1v) is 10.7. The molecule has 2 aromatic rings. The second kappa shape index (κ2) is 8.14. The number of halogens is 1. The van der Waals surface area contributed by atoms with Crippen molar-refractivity contribution in [3.05, 3.63) is 44.8 Å². The fourth-order valence-electron chi connectivity index (χ4n) is 3.78. The van der Waals surface area contributed by atoms with E-state index in [-0.39, 0.29) is 11.3 Å². The summed E-state index contributed by atoms with van der Waals surface area (Å²) in [6.07, 6.45) is 4.06. The molecule has 1 atom stereocenters. The van der Waals surface area contributed by atoms with E-state index in [0.717, 1.165) is 31.2 Å². The summed E-state index contributed by atoms with van der Waals surface area (Å²) in [7, 11) is 1.51. The summed E-state index contributed by atoms with van der Waals surface area (Å²) in [5.41, 5.74) is 2.33. The number of nitrogens with zero attached hydrogens (tertiary/aromatic N) is 1. The predicted octanol–water partition coefficient (Wildman–Crippen LogP) is 6.08. The molecule has 3 rings (SSSR count). The molecule has 1 aliphatic rings. The fourth-order valence-corrected chi connectivity index (χ4v) is 5.22. The number of methoxy groups -OCH3 is 1. The normalized spacial score (nSPS) is 16.2. The van der Waals surface area contributed by atoms with Gasteiger partial charge in [0.1, 0.15) is 16.8 Å². The number of nitriles is 1. The summed E-state index contributed by atoms with van der Waals surface area (Å²) >= 11 is 7.58. The molecule has 4 nitrogen and oxygen atoms in total.